The molecule has 144 valence electrons. The molecular formula is C20H24N2O4S. The number of rotatable bonds is 7. The summed E-state index contributed by atoms with van der Waals surface area (Å²) in [5, 5.41) is 0. The zero-order valence-electron chi connectivity index (χ0n) is 15.1. The lowest BCUT2D eigenvalue weighted by Crippen LogP contribution is -2.35. The quantitative estimate of drug-likeness (QED) is 0.740. The lowest BCUT2D eigenvalue weighted by atomic mass is 10.1. The van der Waals surface area contributed by atoms with Gasteiger partial charge in [-0.05, 0) is 36.1 Å². The highest BCUT2D eigenvalue weighted by Gasteiger charge is 2.25. The Morgan fingerprint density at radius 1 is 0.926 bits per heavy atom. The molecule has 1 fully saturated rings. The molecule has 0 aliphatic carbocycles. The lowest BCUT2D eigenvalue weighted by molar-refractivity contribution is -0.133. The Morgan fingerprint density at radius 2 is 1.59 bits per heavy atom. The van der Waals surface area contributed by atoms with E-state index in [-0.39, 0.29) is 17.2 Å². The molecule has 0 unspecified atom stereocenters. The highest BCUT2D eigenvalue weighted by atomic mass is 32.2. The number of hydrogen-bond acceptors (Lipinski definition) is 4. The standard InChI is InChI=1S/C20H24N2O4S/c23-20(21-26-16-18-7-3-1-4-8-18)15-17-9-11-19(12-10-17)27(24,25)22-13-5-2-6-14-22/h1,3-4,7-12H,2,5-6,13-16H2,(H,21,23). The predicted molar refractivity (Wildman–Crippen MR) is 102 cm³/mol. The molecule has 6 nitrogen and oxygen atoms in total. The molecule has 0 aromatic heterocycles. The summed E-state index contributed by atoms with van der Waals surface area (Å²) in [4.78, 5) is 17.5. The van der Waals surface area contributed by atoms with Gasteiger partial charge >= 0.3 is 0 Å². The first-order valence-corrected chi connectivity index (χ1v) is 10.5. The largest absolute Gasteiger partial charge is 0.272 e. The van der Waals surface area contributed by atoms with Crippen molar-refractivity contribution in [3.63, 3.8) is 0 Å². The van der Waals surface area contributed by atoms with E-state index in [4.69, 9.17) is 4.84 Å². The maximum Gasteiger partial charge on any atom is 0.247 e. The van der Waals surface area contributed by atoms with E-state index in [0.29, 0.717) is 19.7 Å². The summed E-state index contributed by atoms with van der Waals surface area (Å²) >= 11 is 0. The first kappa shape index (κ1) is 19.5. The van der Waals surface area contributed by atoms with Crippen molar-refractivity contribution in [2.45, 2.75) is 37.2 Å². The van der Waals surface area contributed by atoms with E-state index in [1.807, 2.05) is 30.3 Å². The summed E-state index contributed by atoms with van der Waals surface area (Å²) in [5.74, 6) is -0.280. The number of hydrogen-bond donors (Lipinski definition) is 1. The molecule has 2 aromatic carbocycles. The van der Waals surface area contributed by atoms with Gasteiger partial charge in [-0.15, -0.1) is 0 Å². The van der Waals surface area contributed by atoms with Gasteiger partial charge in [0.25, 0.3) is 0 Å². The maximum absolute atomic E-state index is 12.6. The number of nitrogens with zero attached hydrogens (tertiary/aromatic N) is 1. The highest BCUT2D eigenvalue weighted by Crippen LogP contribution is 2.21. The number of carbonyl (C=O) groups excluding carboxylic acids is 1. The van der Waals surface area contributed by atoms with Crippen LogP contribution in [0.2, 0.25) is 0 Å². The second kappa shape index (κ2) is 9.12. The third-order valence-electron chi connectivity index (χ3n) is 4.51. The minimum absolute atomic E-state index is 0.124. The van der Waals surface area contributed by atoms with Crippen LogP contribution in [0.4, 0.5) is 0 Å². The highest BCUT2D eigenvalue weighted by molar-refractivity contribution is 7.89. The van der Waals surface area contributed by atoms with Gasteiger partial charge in [0.1, 0.15) is 0 Å². The molecule has 1 amide bonds. The van der Waals surface area contributed by atoms with Crippen LogP contribution in [0.5, 0.6) is 0 Å². The Balaban J connectivity index is 1.51. The molecule has 27 heavy (non-hydrogen) atoms. The van der Waals surface area contributed by atoms with Crippen LogP contribution in [0, 0.1) is 0 Å². The van der Waals surface area contributed by atoms with Crippen molar-refractivity contribution >= 4 is 15.9 Å². The van der Waals surface area contributed by atoms with E-state index < -0.39 is 10.0 Å². The van der Waals surface area contributed by atoms with E-state index in [1.165, 1.54) is 4.31 Å². The number of benzene rings is 2. The summed E-state index contributed by atoms with van der Waals surface area (Å²) in [6.45, 7) is 1.44. The monoisotopic (exact) mass is 388 g/mol. The van der Waals surface area contributed by atoms with Crippen molar-refractivity contribution in [3.8, 4) is 0 Å². The molecule has 1 aliphatic rings. The Bertz CT molecular complexity index is 845. The SMILES string of the molecule is O=C(Cc1ccc(S(=O)(=O)N2CCCCC2)cc1)NOCc1ccccc1. The molecule has 0 atom stereocenters. The van der Waals surface area contributed by atoms with Gasteiger partial charge in [0.2, 0.25) is 15.9 Å². The van der Waals surface area contributed by atoms with Gasteiger partial charge < -0.3 is 0 Å². The topological polar surface area (TPSA) is 75.7 Å². The molecule has 0 radical (unpaired) electrons. The zero-order chi connectivity index (χ0) is 19.1. The fourth-order valence-corrected chi connectivity index (χ4v) is 4.55. The molecule has 1 saturated heterocycles. The number of carbonyl (C=O) groups is 1. The molecule has 0 bridgehead atoms. The Hall–Kier alpha value is -2.22. The Kier molecular flexibility index (Phi) is 6.60. The van der Waals surface area contributed by atoms with Crippen molar-refractivity contribution in [2.24, 2.45) is 0 Å². The molecule has 1 aliphatic heterocycles. The van der Waals surface area contributed by atoms with Gasteiger partial charge in [-0.3, -0.25) is 9.63 Å². The summed E-state index contributed by atoms with van der Waals surface area (Å²) < 4.78 is 26.8. The van der Waals surface area contributed by atoms with Crippen LogP contribution in [-0.2, 0) is 32.7 Å². The zero-order valence-corrected chi connectivity index (χ0v) is 16.0. The van der Waals surface area contributed by atoms with E-state index in [1.54, 1.807) is 24.3 Å². The van der Waals surface area contributed by atoms with Crippen LogP contribution in [-0.4, -0.2) is 31.7 Å². The number of sulfonamides is 1. The van der Waals surface area contributed by atoms with E-state index in [9.17, 15) is 13.2 Å². The van der Waals surface area contributed by atoms with Crippen LogP contribution in [0.15, 0.2) is 59.5 Å². The average molecular weight is 388 g/mol. The van der Waals surface area contributed by atoms with Gasteiger partial charge in [0, 0.05) is 13.1 Å². The third kappa shape index (κ3) is 5.38. The lowest BCUT2D eigenvalue weighted by Gasteiger charge is -2.25. The minimum Gasteiger partial charge on any atom is -0.272 e. The van der Waals surface area contributed by atoms with Crippen molar-refractivity contribution in [2.75, 3.05) is 13.1 Å². The van der Waals surface area contributed by atoms with Crippen molar-refractivity contribution in [3.05, 3.63) is 65.7 Å². The van der Waals surface area contributed by atoms with Crippen molar-refractivity contribution in [1.82, 2.24) is 9.79 Å². The minimum atomic E-state index is -3.44. The molecular weight excluding hydrogens is 364 g/mol. The first-order valence-electron chi connectivity index (χ1n) is 9.09. The predicted octanol–water partition coefficient (Wildman–Crippen LogP) is 2.65. The maximum atomic E-state index is 12.6. The molecule has 0 saturated carbocycles. The van der Waals surface area contributed by atoms with Crippen molar-refractivity contribution < 1.29 is 18.0 Å². The number of amides is 1. The molecule has 3 rings (SSSR count). The summed E-state index contributed by atoms with van der Waals surface area (Å²) in [7, 11) is -3.44. The molecule has 1 N–H and O–H groups in total. The second-order valence-corrected chi connectivity index (χ2v) is 8.52. The van der Waals surface area contributed by atoms with Crippen LogP contribution < -0.4 is 5.48 Å². The van der Waals surface area contributed by atoms with Crippen LogP contribution in [0.3, 0.4) is 0 Å². The van der Waals surface area contributed by atoms with Gasteiger partial charge in [-0.25, -0.2) is 13.9 Å². The van der Waals surface area contributed by atoms with Gasteiger partial charge in [-0.1, -0.05) is 48.9 Å². The van der Waals surface area contributed by atoms with Crippen LogP contribution in [0.1, 0.15) is 30.4 Å². The summed E-state index contributed by atoms with van der Waals surface area (Å²) in [6, 6.07) is 16.0. The van der Waals surface area contributed by atoms with Gasteiger partial charge in [0.15, 0.2) is 0 Å². The fourth-order valence-electron chi connectivity index (χ4n) is 3.03. The number of piperidine rings is 1. The van der Waals surface area contributed by atoms with Crippen LogP contribution in [0.25, 0.3) is 0 Å². The molecule has 1 heterocycles. The summed E-state index contributed by atoms with van der Waals surface area (Å²) in [6.07, 6.45) is 3.01. The molecule has 7 heteroatoms. The molecule has 2 aromatic rings. The van der Waals surface area contributed by atoms with E-state index in [0.717, 1.165) is 30.4 Å². The summed E-state index contributed by atoms with van der Waals surface area (Å²) in [5.41, 5.74) is 4.10. The van der Waals surface area contributed by atoms with E-state index in [2.05, 4.69) is 5.48 Å². The van der Waals surface area contributed by atoms with E-state index >= 15 is 0 Å². The Morgan fingerprint density at radius 3 is 2.26 bits per heavy atom. The van der Waals surface area contributed by atoms with Gasteiger partial charge in [0.05, 0.1) is 17.9 Å². The van der Waals surface area contributed by atoms with Gasteiger partial charge in [-0.2, -0.15) is 4.31 Å². The number of nitrogens with one attached hydrogen (secondary N) is 1. The number of hydroxylamine groups is 1. The first-order chi connectivity index (χ1) is 13.1. The smallest absolute Gasteiger partial charge is 0.247 e. The third-order valence-corrected chi connectivity index (χ3v) is 6.42. The fraction of sp³-hybridized carbons (Fsp3) is 0.350. The molecule has 0 spiro atoms. The normalized spacial score (nSPS) is 15.4. The average Bonchev–Trinajstić information content (AvgIpc) is 2.70. The van der Waals surface area contributed by atoms with Crippen molar-refractivity contribution in [1.29, 1.82) is 0 Å². The second-order valence-electron chi connectivity index (χ2n) is 6.58. The Labute approximate surface area is 160 Å². The van der Waals surface area contributed by atoms with Crippen LogP contribution >= 0.6 is 0 Å².